The van der Waals surface area contributed by atoms with Gasteiger partial charge in [-0.15, -0.1) is 0 Å². The lowest BCUT2D eigenvalue weighted by molar-refractivity contribution is 0.0501. The predicted molar refractivity (Wildman–Crippen MR) is 70.0 cm³/mol. The molecule has 1 aliphatic rings. The molecule has 1 unspecified atom stereocenters. The second kappa shape index (κ2) is 5.60. The van der Waals surface area contributed by atoms with Crippen LogP contribution in [0.15, 0.2) is 18.2 Å². The van der Waals surface area contributed by atoms with E-state index in [0.29, 0.717) is 12.3 Å². The Kier molecular flexibility index (Phi) is 4.11. The molecule has 0 spiro atoms. The zero-order valence-electron chi connectivity index (χ0n) is 10.7. The maximum absolute atomic E-state index is 9.76. The molecule has 0 aliphatic carbocycles. The minimum atomic E-state index is -0.585. The minimum Gasteiger partial charge on any atom is -0.467 e. The van der Waals surface area contributed by atoms with Gasteiger partial charge >= 0.3 is 7.05 Å². The molecule has 1 aromatic carbocycles. The Balaban J connectivity index is 2.36. The van der Waals surface area contributed by atoms with Crippen LogP contribution in [0.4, 0.5) is 5.69 Å². The number of nitrogens with zero attached hydrogens (tertiary/aromatic N) is 1. The Bertz CT molecular complexity index is 413. The highest BCUT2D eigenvalue weighted by molar-refractivity contribution is 6.54. The van der Waals surface area contributed by atoms with E-state index in [9.17, 15) is 10.1 Å². The Morgan fingerprint density at radius 2 is 2.28 bits per heavy atom. The summed E-state index contributed by atoms with van der Waals surface area (Å²) in [4.78, 5) is 1.86. The number of hydrogen-bond donors (Lipinski definition) is 2. The summed E-state index contributed by atoms with van der Waals surface area (Å²) in [7, 11) is 0.979. The molecule has 0 saturated carbocycles. The third kappa shape index (κ3) is 2.31. The third-order valence-corrected chi connectivity index (χ3v) is 3.18. The van der Waals surface area contributed by atoms with Gasteiger partial charge in [0.1, 0.15) is 5.75 Å². The van der Waals surface area contributed by atoms with E-state index in [1.54, 1.807) is 13.9 Å². The quantitative estimate of drug-likeness (QED) is 0.595. The smallest absolute Gasteiger partial charge is 0.409 e. The molecule has 0 radical (unpaired) electrons. The van der Waals surface area contributed by atoms with E-state index in [4.69, 9.17) is 9.47 Å². The van der Waals surface area contributed by atoms with Crippen LogP contribution < -0.4 is 9.55 Å². The van der Waals surface area contributed by atoms with Crippen LogP contribution in [0.1, 0.15) is 11.5 Å². The second-order valence-electron chi connectivity index (χ2n) is 4.40. The first-order valence-corrected chi connectivity index (χ1v) is 5.99. The molecule has 98 valence electrons. The Morgan fingerprint density at radius 3 is 2.89 bits per heavy atom. The van der Waals surface area contributed by atoms with Crippen molar-refractivity contribution in [3.05, 3.63) is 23.8 Å². The molecule has 1 heterocycles. The van der Waals surface area contributed by atoms with E-state index < -0.39 is 7.05 Å². The van der Waals surface area contributed by atoms with Gasteiger partial charge < -0.3 is 24.4 Å². The topological polar surface area (TPSA) is 62.2 Å². The van der Waals surface area contributed by atoms with Crippen molar-refractivity contribution in [2.45, 2.75) is 12.7 Å². The summed E-state index contributed by atoms with van der Waals surface area (Å²) in [6.07, 6.45) is 0. The van der Waals surface area contributed by atoms with Crippen molar-refractivity contribution < 1.29 is 19.6 Å². The number of aliphatic hydroxyl groups is 1. The van der Waals surface area contributed by atoms with E-state index in [1.165, 1.54) is 0 Å². The van der Waals surface area contributed by atoms with Crippen LogP contribution in [0.5, 0.6) is 5.75 Å². The van der Waals surface area contributed by atoms with Crippen LogP contribution in [-0.4, -0.2) is 44.2 Å². The molecule has 1 aromatic rings. The number of anilines is 1. The van der Waals surface area contributed by atoms with E-state index in [-0.39, 0.29) is 19.3 Å². The maximum atomic E-state index is 9.76. The van der Waals surface area contributed by atoms with Gasteiger partial charge in [-0.3, -0.25) is 0 Å². The molecule has 1 atom stereocenters. The fourth-order valence-electron chi connectivity index (χ4n) is 2.37. The van der Waals surface area contributed by atoms with Gasteiger partial charge in [0.05, 0.1) is 6.61 Å². The van der Waals surface area contributed by atoms with Crippen LogP contribution >= 0.6 is 0 Å². The molecule has 5 nitrogen and oxygen atoms in total. The van der Waals surface area contributed by atoms with Crippen LogP contribution in [0.3, 0.4) is 0 Å². The number of methoxy groups -OCH3 is 1. The highest BCUT2D eigenvalue weighted by atomic mass is 16.7. The molecule has 0 fully saturated rings. The number of hydrogen-bond acceptors (Lipinski definition) is 5. The monoisotopic (exact) mass is 251 g/mol. The maximum Gasteiger partial charge on any atom is 0.409 e. The lowest BCUT2D eigenvalue weighted by Crippen LogP contribution is -2.36. The largest absolute Gasteiger partial charge is 0.467 e. The molecule has 2 rings (SSSR count). The zero-order valence-corrected chi connectivity index (χ0v) is 10.7. The SMILES string of the molecule is COCOc1cccc2c1C(CO)CN2B(C)O. The highest BCUT2D eigenvalue weighted by Gasteiger charge is 2.34. The van der Waals surface area contributed by atoms with Gasteiger partial charge in [0, 0.05) is 30.8 Å². The number of aliphatic hydroxyl groups excluding tert-OH is 1. The molecule has 0 aromatic heterocycles. The number of benzene rings is 1. The average molecular weight is 251 g/mol. The van der Waals surface area contributed by atoms with Gasteiger partial charge in [-0.05, 0) is 19.0 Å². The predicted octanol–water partition coefficient (Wildman–Crippen LogP) is 0.675. The summed E-state index contributed by atoms with van der Waals surface area (Å²) in [5.41, 5.74) is 1.86. The lowest BCUT2D eigenvalue weighted by Gasteiger charge is -2.20. The normalized spacial score (nSPS) is 17.8. The van der Waals surface area contributed by atoms with Crippen molar-refractivity contribution in [3.8, 4) is 5.75 Å². The van der Waals surface area contributed by atoms with Gasteiger partial charge in [0.2, 0.25) is 0 Å². The van der Waals surface area contributed by atoms with Crippen LogP contribution in [0.2, 0.25) is 6.82 Å². The Labute approximate surface area is 107 Å². The molecule has 1 aliphatic heterocycles. The molecular weight excluding hydrogens is 233 g/mol. The van der Waals surface area contributed by atoms with Crippen molar-refractivity contribution in [3.63, 3.8) is 0 Å². The van der Waals surface area contributed by atoms with Crippen molar-refractivity contribution in [2.75, 3.05) is 31.9 Å². The van der Waals surface area contributed by atoms with Gasteiger partial charge in [-0.25, -0.2) is 0 Å². The van der Waals surface area contributed by atoms with E-state index in [1.807, 2.05) is 23.0 Å². The van der Waals surface area contributed by atoms with Crippen molar-refractivity contribution in [2.24, 2.45) is 0 Å². The molecule has 0 bridgehead atoms. The minimum absolute atomic E-state index is 0.0313. The van der Waals surface area contributed by atoms with Gasteiger partial charge in [0.25, 0.3) is 0 Å². The van der Waals surface area contributed by atoms with E-state index in [0.717, 1.165) is 11.3 Å². The molecule has 18 heavy (non-hydrogen) atoms. The van der Waals surface area contributed by atoms with Gasteiger partial charge in [0.15, 0.2) is 6.79 Å². The van der Waals surface area contributed by atoms with E-state index >= 15 is 0 Å². The molecule has 0 amide bonds. The first kappa shape index (κ1) is 13.2. The van der Waals surface area contributed by atoms with Crippen molar-refractivity contribution in [1.29, 1.82) is 0 Å². The summed E-state index contributed by atoms with van der Waals surface area (Å²) in [6, 6.07) is 5.66. The van der Waals surface area contributed by atoms with Crippen LogP contribution in [-0.2, 0) is 4.74 Å². The third-order valence-electron chi connectivity index (χ3n) is 3.18. The highest BCUT2D eigenvalue weighted by Crippen LogP contribution is 2.42. The number of fused-ring (bicyclic) bond motifs is 1. The lowest BCUT2D eigenvalue weighted by atomic mass is 9.85. The summed E-state index contributed by atoms with van der Waals surface area (Å²) >= 11 is 0. The first-order valence-electron chi connectivity index (χ1n) is 5.99. The van der Waals surface area contributed by atoms with Crippen LogP contribution in [0, 0.1) is 0 Å². The molecule has 2 N–H and O–H groups in total. The Morgan fingerprint density at radius 1 is 1.50 bits per heavy atom. The average Bonchev–Trinajstić information content (AvgIpc) is 2.75. The summed E-state index contributed by atoms with van der Waals surface area (Å²) in [6.45, 7) is 2.51. The number of ether oxygens (including phenoxy) is 2. The van der Waals surface area contributed by atoms with Crippen LogP contribution in [0.25, 0.3) is 0 Å². The zero-order chi connectivity index (χ0) is 13.1. The molecular formula is C12H18BNO4. The fraction of sp³-hybridized carbons (Fsp3) is 0.500. The Hall–Kier alpha value is -1.24. The first-order chi connectivity index (χ1) is 8.69. The fourth-order valence-corrected chi connectivity index (χ4v) is 2.37. The number of rotatable bonds is 5. The van der Waals surface area contributed by atoms with Crippen molar-refractivity contribution in [1.82, 2.24) is 0 Å². The summed E-state index contributed by atoms with van der Waals surface area (Å²) in [5, 5.41) is 19.2. The van der Waals surface area contributed by atoms with E-state index in [2.05, 4.69) is 0 Å². The second-order valence-corrected chi connectivity index (χ2v) is 4.40. The van der Waals surface area contributed by atoms with Crippen molar-refractivity contribution >= 4 is 12.7 Å². The molecule has 0 saturated heterocycles. The van der Waals surface area contributed by atoms with Gasteiger partial charge in [-0.2, -0.15) is 0 Å². The summed E-state index contributed by atoms with van der Waals surface area (Å²) in [5.74, 6) is 0.666. The van der Waals surface area contributed by atoms with Gasteiger partial charge in [-0.1, -0.05) is 6.07 Å². The summed E-state index contributed by atoms with van der Waals surface area (Å²) < 4.78 is 10.4. The standard InChI is InChI=1S/C12H18BNO4/c1-13(16)14-6-9(7-15)12-10(14)4-3-5-11(12)18-8-17-2/h3-5,9,15-16H,6-8H2,1-2H3. The molecule has 6 heteroatoms.